The van der Waals surface area contributed by atoms with Crippen LogP contribution in [0, 0.1) is 0 Å². The number of nitrogens with zero attached hydrogens (tertiary/aromatic N) is 1. The Morgan fingerprint density at radius 1 is 1.41 bits per heavy atom. The van der Waals surface area contributed by atoms with Crippen LogP contribution >= 0.6 is 0 Å². The number of hydrogen-bond donors (Lipinski definition) is 2. The summed E-state index contributed by atoms with van der Waals surface area (Å²) < 4.78 is 27.3. The summed E-state index contributed by atoms with van der Waals surface area (Å²) in [6.07, 6.45) is 4.86. The summed E-state index contributed by atoms with van der Waals surface area (Å²) in [5.74, 6) is -1.76. The largest absolute Gasteiger partial charge is 0.480 e. The molecule has 0 radical (unpaired) electrons. The highest BCUT2D eigenvalue weighted by Gasteiger charge is 2.31. The minimum absolute atomic E-state index is 0.0434. The maximum Gasteiger partial charge on any atom is 0.326 e. The lowest BCUT2D eigenvalue weighted by Gasteiger charge is -2.32. The number of carbonyl (C=O) groups is 2. The molecule has 148 valence electrons. The quantitative estimate of drug-likeness (QED) is 0.659. The number of carboxylic acids is 1. The minimum atomic E-state index is -3.70. The molecule has 2 unspecified atom stereocenters. The zero-order valence-electron chi connectivity index (χ0n) is 15.4. The van der Waals surface area contributed by atoms with Crippen LogP contribution in [0.3, 0.4) is 0 Å². The second-order valence-corrected chi connectivity index (χ2v) is 8.61. The Morgan fingerprint density at radius 3 is 2.78 bits per heavy atom. The van der Waals surface area contributed by atoms with Crippen LogP contribution in [0.1, 0.15) is 49.4 Å². The fraction of sp³-hybridized carbons (Fsp3) is 0.474. The monoisotopic (exact) mass is 394 g/mol. The van der Waals surface area contributed by atoms with Gasteiger partial charge in [0, 0.05) is 18.2 Å². The molecule has 2 atom stereocenters. The van der Waals surface area contributed by atoms with Crippen molar-refractivity contribution in [3.05, 3.63) is 42.5 Å². The van der Waals surface area contributed by atoms with Gasteiger partial charge in [0.15, 0.2) is 0 Å². The van der Waals surface area contributed by atoms with Crippen molar-refractivity contribution in [3.63, 3.8) is 0 Å². The van der Waals surface area contributed by atoms with Gasteiger partial charge >= 0.3 is 5.97 Å². The first-order chi connectivity index (χ1) is 12.8. The smallest absolute Gasteiger partial charge is 0.326 e. The topological polar surface area (TPSA) is 104 Å². The maximum atomic E-state index is 12.9. The second-order valence-electron chi connectivity index (χ2n) is 6.72. The van der Waals surface area contributed by atoms with E-state index in [-0.39, 0.29) is 22.9 Å². The van der Waals surface area contributed by atoms with Gasteiger partial charge in [-0.2, -0.15) is 4.31 Å². The lowest BCUT2D eigenvalue weighted by molar-refractivity contribution is -0.139. The van der Waals surface area contributed by atoms with E-state index < -0.39 is 27.9 Å². The number of hydrogen-bond acceptors (Lipinski definition) is 4. The number of amides is 1. The fourth-order valence-electron chi connectivity index (χ4n) is 3.15. The Labute approximate surface area is 160 Å². The van der Waals surface area contributed by atoms with Gasteiger partial charge in [0.05, 0.1) is 4.90 Å². The molecule has 27 heavy (non-hydrogen) atoms. The summed E-state index contributed by atoms with van der Waals surface area (Å²) in [6.45, 7) is 5.88. The number of sulfonamides is 1. The van der Waals surface area contributed by atoms with Gasteiger partial charge in [-0.15, -0.1) is 6.58 Å². The highest BCUT2D eigenvalue weighted by molar-refractivity contribution is 7.89. The lowest BCUT2D eigenvalue weighted by atomic mass is 10.1. The first-order valence-corrected chi connectivity index (χ1v) is 10.5. The normalized spacial score (nSPS) is 19.2. The van der Waals surface area contributed by atoms with Gasteiger partial charge < -0.3 is 10.4 Å². The molecule has 2 rings (SSSR count). The Bertz CT molecular complexity index is 806. The van der Waals surface area contributed by atoms with E-state index in [0.29, 0.717) is 13.0 Å². The molecule has 1 fully saturated rings. The molecule has 1 aromatic carbocycles. The van der Waals surface area contributed by atoms with Crippen molar-refractivity contribution < 1.29 is 23.1 Å². The number of piperidine rings is 1. The van der Waals surface area contributed by atoms with Crippen LogP contribution in [0.4, 0.5) is 0 Å². The van der Waals surface area contributed by atoms with E-state index in [1.807, 2.05) is 6.92 Å². The van der Waals surface area contributed by atoms with Gasteiger partial charge in [-0.1, -0.05) is 18.6 Å². The third-order valence-electron chi connectivity index (χ3n) is 4.71. The van der Waals surface area contributed by atoms with Crippen LogP contribution < -0.4 is 5.32 Å². The molecule has 1 aliphatic heterocycles. The maximum absolute atomic E-state index is 12.9. The predicted molar refractivity (Wildman–Crippen MR) is 102 cm³/mol. The van der Waals surface area contributed by atoms with E-state index in [0.717, 1.165) is 19.3 Å². The van der Waals surface area contributed by atoms with Crippen molar-refractivity contribution in [2.45, 2.75) is 56.0 Å². The van der Waals surface area contributed by atoms with Gasteiger partial charge in [-0.25, -0.2) is 13.2 Å². The molecule has 7 nitrogen and oxygen atoms in total. The predicted octanol–water partition coefficient (Wildman–Crippen LogP) is 2.40. The highest BCUT2D eigenvalue weighted by atomic mass is 32.2. The number of nitrogens with one attached hydrogen (secondary N) is 1. The molecule has 1 heterocycles. The Morgan fingerprint density at radius 2 is 2.15 bits per heavy atom. The molecule has 1 amide bonds. The Hall–Kier alpha value is -2.19. The number of allylic oxidation sites excluding steroid dienone is 1. The molecule has 1 saturated heterocycles. The van der Waals surface area contributed by atoms with Crippen molar-refractivity contribution in [3.8, 4) is 0 Å². The summed E-state index contributed by atoms with van der Waals surface area (Å²) in [4.78, 5) is 23.8. The van der Waals surface area contributed by atoms with Gasteiger partial charge in [-0.3, -0.25) is 4.79 Å². The zero-order chi connectivity index (χ0) is 20.0. The van der Waals surface area contributed by atoms with Crippen LogP contribution in [0.2, 0.25) is 0 Å². The van der Waals surface area contributed by atoms with E-state index >= 15 is 0 Å². The summed E-state index contributed by atoms with van der Waals surface area (Å²) in [5, 5.41) is 11.7. The standard InChI is InChI=1S/C19H26N2O5S/c1-3-4-11-17(19(23)24)20-18(22)15-9-7-10-16(13-15)27(25,26)21-12-6-5-8-14(21)2/h3,7,9-10,13-14,17H,1,4-6,8,11-12H2,2H3,(H,20,22)(H,23,24). The Kier molecular flexibility index (Phi) is 7.15. The first-order valence-electron chi connectivity index (χ1n) is 9.04. The molecule has 1 aromatic rings. The molecule has 0 spiro atoms. The Balaban J connectivity index is 2.22. The van der Waals surface area contributed by atoms with Crippen LogP contribution in [-0.2, 0) is 14.8 Å². The molecule has 8 heteroatoms. The van der Waals surface area contributed by atoms with E-state index in [2.05, 4.69) is 11.9 Å². The van der Waals surface area contributed by atoms with Crippen molar-refractivity contribution in [2.75, 3.05) is 6.54 Å². The molecule has 2 N–H and O–H groups in total. The summed E-state index contributed by atoms with van der Waals surface area (Å²) in [5.41, 5.74) is 0.116. The number of aliphatic carboxylic acids is 1. The molecule has 0 aromatic heterocycles. The molecule has 0 bridgehead atoms. The van der Waals surface area contributed by atoms with Crippen molar-refractivity contribution in [2.24, 2.45) is 0 Å². The van der Waals surface area contributed by atoms with E-state index in [1.54, 1.807) is 6.08 Å². The highest BCUT2D eigenvalue weighted by Crippen LogP contribution is 2.25. The van der Waals surface area contributed by atoms with E-state index in [1.165, 1.54) is 28.6 Å². The first kappa shape index (κ1) is 21.1. The minimum Gasteiger partial charge on any atom is -0.480 e. The van der Waals surface area contributed by atoms with Gasteiger partial charge in [0.25, 0.3) is 5.91 Å². The average Bonchev–Trinajstić information content (AvgIpc) is 2.65. The fourth-order valence-corrected chi connectivity index (χ4v) is 4.89. The number of carbonyl (C=O) groups excluding carboxylic acids is 1. The summed E-state index contributed by atoms with van der Waals surface area (Å²) in [6, 6.07) is 4.59. The average molecular weight is 394 g/mol. The third-order valence-corrected chi connectivity index (χ3v) is 6.72. The summed E-state index contributed by atoms with van der Waals surface area (Å²) in [7, 11) is -3.70. The van der Waals surface area contributed by atoms with Crippen LogP contribution in [-0.4, -0.2) is 48.3 Å². The zero-order valence-corrected chi connectivity index (χ0v) is 16.2. The van der Waals surface area contributed by atoms with Gasteiger partial charge in [0.1, 0.15) is 6.04 Å². The number of carboxylic acid groups (broad SMARTS) is 1. The molecular weight excluding hydrogens is 368 g/mol. The number of benzene rings is 1. The van der Waals surface area contributed by atoms with Crippen LogP contribution in [0.25, 0.3) is 0 Å². The lowest BCUT2D eigenvalue weighted by Crippen LogP contribution is -2.42. The molecule has 1 aliphatic rings. The second kappa shape index (κ2) is 9.14. The molecule has 0 saturated carbocycles. The van der Waals surface area contributed by atoms with Crippen LogP contribution in [0.5, 0.6) is 0 Å². The third kappa shape index (κ3) is 5.17. The van der Waals surface area contributed by atoms with Crippen LogP contribution in [0.15, 0.2) is 41.8 Å². The van der Waals surface area contributed by atoms with E-state index in [9.17, 15) is 23.1 Å². The van der Waals surface area contributed by atoms with Crippen molar-refractivity contribution in [1.82, 2.24) is 9.62 Å². The number of rotatable bonds is 8. The van der Waals surface area contributed by atoms with Gasteiger partial charge in [-0.05, 0) is 50.8 Å². The molecular formula is C19H26N2O5S. The SMILES string of the molecule is C=CCCC(NC(=O)c1cccc(S(=O)(=O)N2CCCCC2C)c1)C(=O)O. The summed E-state index contributed by atoms with van der Waals surface area (Å²) >= 11 is 0. The van der Waals surface area contributed by atoms with Gasteiger partial charge in [0.2, 0.25) is 10.0 Å². The van der Waals surface area contributed by atoms with Crippen molar-refractivity contribution >= 4 is 21.9 Å². The van der Waals surface area contributed by atoms with Crippen molar-refractivity contribution in [1.29, 1.82) is 0 Å². The molecule has 0 aliphatic carbocycles. The van der Waals surface area contributed by atoms with E-state index in [4.69, 9.17) is 0 Å².